The summed E-state index contributed by atoms with van der Waals surface area (Å²) in [6.07, 6.45) is 4.99. The highest BCUT2D eigenvalue weighted by molar-refractivity contribution is 5.89. The van der Waals surface area contributed by atoms with Crippen LogP contribution in [0.2, 0.25) is 0 Å². The average molecular weight is 304 g/mol. The Kier molecular flexibility index (Phi) is 6.25. The summed E-state index contributed by atoms with van der Waals surface area (Å²) < 4.78 is 4.93. The molecule has 0 unspecified atom stereocenters. The molecule has 2 amide bonds. The number of carbonyl (C=O) groups is 2. The molecule has 0 aliphatic heterocycles. The molecule has 2 rings (SSSR count). The average Bonchev–Trinajstić information content (AvgIpc) is 3.05. The third-order valence-corrected chi connectivity index (χ3v) is 3.94. The van der Waals surface area contributed by atoms with E-state index in [1.54, 1.807) is 19.1 Å². The van der Waals surface area contributed by atoms with Crippen molar-refractivity contribution in [3.05, 3.63) is 35.4 Å². The molecule has 1 aliphatic carbocycles. The first-order chi connectivity index (χ1) is 10.7. The van der Waals surface area contributed by atoms with Crippen LogP contribution < -0.4 is 10.6 Å². The number of rotatable bonds is 6. The molecule has 0 spiro atoms. The molecule has 0 atom stereocenters. The van der Waals surface area contributed by atoms with Crippen LogP contribution in [0.25, 0.3) is 0 Å². The van der Waals surface area contributed by atoms with E-state index in [1.807, 2.05) is 12.1 Å². The third-order valence-electron chi connectivity index (χ3n) is 3.94. The van der Waals surface area contributed by atoms with Crippen LogP contribution in [0.1, 0.15) is 48.5 Å². The number of hydrogen-bond donors (Lipinski definition) is 2. The van der Waals surface area contributed by atoms with Crippen molar-refractivity contribution < 1.29 is 14.3 Å². The Morgan fingerprint density at radius 3 is 2.45 bits per heavy atom. The predicted octanol–water partition coefficient (Wildman–Crippen LogP) is 2.85. The third kappa shape index (κ3) is 5.06. The largest absolute Gasteiger partial charge is 0.462 e. The Bertz CT molecular complexity index is 493. The van der Waals surface area contributed by atoms with Crippen molar-refractivity contribution in [3.8, 4) is 0 Å². The van der Waals surface area contributed by atoms with Gasteiger partial charge in [-0.05, 0) is 43.4 Å². The van der Waals surface area contributed by atoms with Crippen LogP contribution in [-0.2, 0) is 11.3 Å². The molecule has 1 aromatic carbocycles. The molecule has 1 fully saturated rings. The van der Waals surface area contributed by atoms with Crippen molar-refractivity contribution in [1.29, 1.82) is 0 Å². The number of esters is 1. The van der Waals surface area contributed by atoms with Crippen molar-refractivity contribution in [1.82, 2.24) is 10.6 Å². The van der Waals surface area contributed by atoms with Gasteiger partial charge in [0, 0.05) is 13.1 Å². The minimum absolute atomic E-state index is 0.138. The Balaban J connectivity index is 1.71. The van der Waals surface area contributed by atoms with Gasteiger partial charge in [0.05, 0.1) is 12.2 Å². The lowest BCUT2D eigenvalue weighted by Crippen LogP contribution is -2.37. The van der Waals surface area contributed by atoms with E-state index >= 15 is 0 Å². The zero-order valence-electron chi connectivity index (χ0n) is 13.1. The number of benzene rings is 1. The van der Waals surface area contributed by atoms with Gasteiger partial charge < -0.3 is 15.4 Å². The second-order valence-corrected chi connectivity index (χ2v) is 5.63. The summed E-state index contributed by atoms with van der Waals surface area (Å²) in [4.78, 5) is 23.3. The highest BCUT2D eigenvalue weighted by atomic mass is 16.5. The van der Waals surface area contributed by atoms with Crippen LogP contribution in [0.3, 0.4) is 0 Å². The number of ether oxygens (including phenoxy) is 1. The second-order valence-electron chi connectivity index (χ2n) is 5.63. The maximum absolute atomic E-state index is 11.7. The Morgan fingerprint density at radius 2 is 1.82 bits per heavy atom. The van der Waals surface area contributed by atoms with Crippen molar-refractivity contribution in [2.75, 3.05) is 13.2 Å². The Labute approximate surface area is 131 Å². The molecule has 0 aromatic heterocycles. The van der Waals surface area contributed by atoms with Crippen molar-refractivity contribution in [2.45, 2.75) is 39.2 Å². The zero-order chi connectivity index (χ0) is 15.8. The minimum atomic E-state index is -0.323. The van der Waals surface area contributed by atoms with E-state index in [0.717, 1.165) is 12.1 Å². The van der Waals surface area contributed by atoms with E-state index in [4.69, 9.17) is 4.74 Å². The predicted molar refractivity (Wildman–Crippen MR) is 84.6 cm³/mol. The van der Waals surface area contributed by atoms with Crippen LogP contribution in [0.4, 0.5) is 4.79 Å². The SMILES string of the molecule is CCOC(=O)c1ccc(CNC(=O)NCC2CCCC2)cc1. The molecule has 5 nitrogen and oxygen atoms in total. The lowest BCUT2D eigenvalue weighted by Gasteiger charge is -2.11. The van der Waals surface area contributed by atoms with Crippen LogP contribution in [-0.4, -0.2) is 25.2 Å². The standard InChI is InChI=1S/C17H24N2O3/c1-2-22-16(20)15-9-7-14(8-10-15)12-19-17(21)18-11-13-5-3-4-6-13/h7-10,13H,2-6,11-12H2,1H3,(H2,18,19,21). The molecule has 0 saturated heterocycles. The summed E-state index contributed by atoms with van der Waals surface area (Å²) in [5.41, 5.74) is 1.47. The number of nitrogens with one attached hydrogen (secondary N) is 2. The summed E-state index contributed by atoms with van der Waals surface area (Å²) in [5.74, 6) is 0.311. The van der Waals surface area contributed by atoms with Crippen molar-refractivity contribution in [3.63, 3.8) is 0 Å². The van der Waals surface area contributed by atoms with Crippen molar-refractivity contribution in [2.24, 2.45) is 5.92 Å². The molecule has 22 heavy (non-hydrogen) atoms. The summed E-state index contributed by atoms with van der Waals surface area (Å²) in [6, 6.07) is 6.94. The summed E-state index contributed by atoms with van der Waals surface area (Å²) in [6.45, 7) is 3.34. The number of hydrogen-bond acceptors (Lipinski definition) is 3. The van der Waals surface area contributed by atoms with Gasteiger partial charge in [0.1, 0.15) is 0 Å². The van der Waals surface area contributed by atoms with Crippen molar-refractivity contribution >= 4 is 12.0 Å². The van der Waals surface area contributed by atoms with Crippen LogP contribution in [0, 0.1) is 5.92 Å². The van der Waals surface area contributed by atoms with E-state index in [0.29, 0.717) is 24.6 Å². The van der Waals surface area contributed by atoms with Gasteiger partial charge in [0.25, 0.3) is 0 Å². The number of amides is 2. The van der Waals surface area contributed by atoms with Gasteiger partial charge in [-0.15, -0.1) is 0 Å². The maximum Gasteiger partial charge on any atom is 0.338 e. The van der Waals surface area contributed by atoms with E-state index in [-0.39, 0.29) is 12.0 Å². The fourth-order valence-electron chi connectivity index (χ4n) is 2.67. The molecule has 2 N–H and O–H groups in total. The number of carbonyl (C=O) groups excluding carboxylic acids is 2. The molecular formula is C17H24N2O3. The second kappa shape index (κ2) is 8.41. The highest BCUT2D eigenvalue weighted by Crippen LogP contribution is 2.23. The molecule has 1 saturated carbocycles. The van der Waals surface area contributed by atoms with Gasteiger partial charge >= 0.3 is 12.0 Å². The highest BCUT2D eigenvalue weighted by Gasteiger charge is 2.15. The van der Waals surface area contributed by atoms with Gasteiger partial charge in [-0.3, -0.25) is 0 Å². The Hall–Kier alpha value is -2.04. The summed E-state index contributed by atoms with van der Waals surface area (Å²) in [7, 11) is 0. The van der Waals surface area contributed by atoms with Gasteiger partial charge in [-0.25, -0.2) is 9.59 Å². The maximum atomic E-state index is 11.7. The fraction of sp³-hybridized carbons (Fsp3) is 0.529. The molecule has 5 heteroatoms. The quantitative estimate of drug-likeness (QED) is 0.794. The van der Waals surface area contributed by atoms with E-state index in [2.05, 4.69) is 10.6 Å². The Morgan fingerprint density at radius 1 is 1.14 bits per heavy atom. The van der Waals surface area contributed by atoms with Crippen LogP contribution in [0.5, 0.6) is 0 Å². The minimum Gasteiger partial charge on any atom is -0.462 e. The summed E-state index contributed by atoms with van der Waals surface area (Å²) in [5, 5.41) is 5.75. The fourth-order valence-corrected chi connectivity index (χ4v) is 2.67. The lowest BCUT2D eigenvalue weighted by molar-refractivity contribution is 0.0526. The van der Waals surface area contributed by atoms with Gasteiger partial charge in [-0.2, -0.15) is 0 Å². The molecular weight excluding hydrogens is 280 g/mol. The molecule has 0 heterocycles. The van der Waals surface area contributed by atoms with Crippen LogP contribution >= 0.6 is 0 Å². The zero-order valence-corrected chi connectivity index (χ0v) is 13.1. The van der Waals surface area contributed by atoms with E-state index in [9.17, 15) is 9.59 Å². The first-order valence-electron chi connectivity index (χ1n) is 7.96. The van der Waals surface area contributed by atoms with Gasteiger partial charge in [-0.1, -0.05) is 25.0 Å². The number of urea groups is 1. The normalized spacial score (nSPS) is 14.6. The smallest absolute Gasteiger partial charge is 0.338 e. The lowest BCUT2D eigenvalue weighted by atomic mass is 10.1. The molecule has 0 radical (unpaired) electrons. The first kappa shape index (κ1) is 16.3. The molecule has 120 valence electrons. The monoisotopic (exact) mass is 304 g/mol. The van der Waals surface area contributed by atoms with Gasteiger partial charge in [0.15, 0.2) is 0 Å². The molecule has 0 bridgehead atoms. The van der Waals surface area contributed by atoms with Crippen LogP contribution in [0.15, 0.2) is 24.3 Å². The molecule has 1 aliphatic rings. The van der Waals surface area contributed by atoms with Gasteiger partial charge in [0.2, 0.25) is 0 Å². The topological polar surface area (TPSA) is 67.4 Å². The summed E-state index contributed by atoms with van der Waals surface area (Å²) >= 11 is 0. The first-order valence-corrected chi connectivity index (χ1v) is 7.96. The molecule has 1 aromatic rings. The van der Waals surface area contributed by atoms with E-state index < -0.39 is 0 Å². The van der Waals surface area contributed by atoms with E-state index in [1.165, 1.54) is 25.7 Å².